The maximum absolute atomic E-state index is 5.49. The Labute approximate surface area is 75.9 Å². The van der Waals surface area contributed by atoms with Gasteiger partial charge < -0.3 is 14.8 Å². The third kappa shape index (κ3) is 1.78. The van der Waals surface area contributed by atoms with E-state index in [0.717, 1.165) is 11.3 Å². The van der Waals surface area contributed by atoms with Crippen LogP contribution in [0.5, 0.6) is 0 Å². The number of nitrogens with two attached hydrogens (primary N) is 1. The normalized spacial score (nSPS) is 10.5. The predicted molar refractivity (Wildman–Crippen MR) is 47.9 cm³/mol. The number of aromatic nitrogens is 2. The SMILES string of the molecule is NCc1ccn(Cc2ccno2)c1. The van der Waals surface area contributed by atoms with Crippen molar-refractivity contribution in [3.05, 3.63) is 42.0 Å². The molecule has 0 atom stereocenters. The van der Waals surface area contributed by atoms with E-state index in [1.165, 1.54) is 0 Å². The van der Waals surface area contributed by atoms with Gasteiger partial charge in [-0.2, -0.15) is 0 Å². The fourth-order valence-corrected chi connectivity index (χ4v) is 1.21. The van der Waals surface area contributed by atoms with E-state index >= 15 is 0 Å². The van der Waals surface area contributed by atoms with Crippen molar-refractivity contribution in [3.63, 3.8) is 0 Å². The van der Waals surface area contributed by atoms with Crippen LogP contribution in [0.4, 0.5) is 0 Å². The Morgan fingerprint density at radius 2 is 2.38 bits per heavy atom. The number of hydrogen-bond acceptors (Lipinski definition) is 3. The summed E-state index contributed by atoms with van der Waals surface area (Å²) < 4.78 is 6.99. The first-order chi connectivity index (χ1) is 6.38. The summed E-state index contributed by atoms with van der Waals surface area (Å²) in [6.45, 7) is 1.28. The van der Waals surface area contributed by atoms with E-state index in [0.29, 0.717) is 13.1 Å². The maximum Gasteiger partial charge on any atom is 0.156 e. The Morgan fingerprint density at radius 3 is 3.00 bits per heavy atom. The minimum absolute atomic E-state index is 0.573. The van der Waals surface area contributed by atoms with Crippen LogP contribution in [-0.4, -0.2) is 9.72 Å². The topological polar surface area (TPSA) is 57.0 Å². The van der Waals surface area contributed by atoms with Gasteiger partial charge in [0.15, 0.2) is 5.76 Å². The van der Waals surface area contributed by atoms with Gasteiger partial charge in [0, 0.05) is 25.0 Å². The first kappa shape index (κ1) is 8.07. The van der Waals surface area contributed by atoms with E-state index in [-0.39, 0.29) is 0 Å². The molecule has 0 bridgehead atoms. The van der Waals surface area contributed by atoms with Crippen molar-refractivity contribution in [2.24, 2.45) is 5.73 Å². The highest BCUT2D eigenvalue weighted by atomic mass is 16.5. The first-order valence-corrected chi connectivity index (χ1v) is 4.13. The minimum atomic E-state index is 0.573. The number of rotatable bonds is 3. The van der Waals surface area contributed by atoms with E-state index in [9.17, 15) is 0 Å². The molecule has 68 valence electrons. The molecule has 2 rings (SSSR count). The van der Waals surface area contributed by atoms with E-state index in [1.54, 1.807) is 6.20 Å². The van der Waals surface area contributed by atoms with Crippen LogP contribution in [0.15, 0.2) is 35.2 Å². The lowest BCUT2D eigenvalue weighted by molar-refractivity contribution is 0.376. The first-order valence-electron chi connectivity index (χ1n) is 4.13. The third-order valence-electron chi connectivity index (χ3n) is 1.88. The van der Waals surface area contributed by atoms with Crippen molar-refractivity contribution in [1.29, 1.82) is 0 Å². The fourth-order valence-electron chi connectivity index (χ4n) is 1.21. The molecule has 2 N–H and O–H groups in total. The van der Waals surface area contributed by atoms with Crippen LogP contribution >= 0.6 is 0 Å². The third-order valence-corrected chi connectivity index (χ3v) is 1.88. The van der Waals surface area contributed by atoms with Crippen molar-refractivity contribution in [1.82, 2.24) is 9.72 Å². The molecule has 13 heavy (non-hydrogen) atoms. The van der Waals surface area contributed by atoms with Crippen LogP contribution in [0.3, 0.4) is 0 Å². The summed E-state index contributed by atoms with van der Waals surface area (Å²) in [4.78, 5) is 0. The van der Waals surface area contributed by atoms with Gasteiger partial charge >= 0.3 is 0 Å². The molecule has 0 aliphatic rings. The van der Waals surface area contributed by atoms with Crippen LogP contribution in [0.2, 0.25) is 0 Å². The lowest BCUT2D eigenvalue weighted by Gasteiger charge is -1.96. The van der Waals surface area contributed by atoms with Crippen LogP contribution in [0.1, 0.15) is 11.3 Å². The molecule has 4 nitrogen and oxygen atoms in total. The summed E-state index contributed by atoms with van der Waals surface area (Å²) in [5, 5.41) is 3.63. The summed E-state index contributed by atoms with van der Waals surface area (Å²) >= 11 is 0. The number of nitrogens with zero attached hydrogens (tertiary/aromatic N) is 2. The molecule has 0 radical (unpaired) electrons. The Balaban J connectivity index is 2.10. The van der Waals surface area contributed by atoms with E-state index in [4.69, 9.17) is 10.3 Å². The van der Waals surface area contributed by atoms with E-state index in [2.05, 4.69) is 5.16 Å². The van der Waals surface area contributed by atoms with Gasteiger partial charge in [0.05, 0.1) is 12.7 Å². The molecule has 0 spiro atoms. The summed E-state index contributed by atoms with van der Waals surface area (Å²) in [6, 6.07) is 3.85. The lowest BCUT2D eigenvalue weighted by atomic mass is 10.3. The van der Waals surface area contributed by atoms with Crippen molar-refractivity contribution in [2.75, 3.05) is 0 Å². The summed E-state index contributed by atoms with van der Waals surface area (Å²) in [6.07, 6.45) is 5.62. The van der Waals surface area contributed by atoms with Crippen LogP contribution in [0.25, 0.3) is 0 Å². The van der Waals surface area contributed by atoms with E-state index < -0.39 is 0 Å². The second kappa shape index (κ2) is 3.45. The van der Waals surface area contributed by atoms with Crippen molar-refractivity contribution in [2.45, 2.75) is 13.1 Å². The molecule has 4 heteroatoms. The predicted octanol–water partition coefficient (Wildman–Crippen LogP) is 0.983. The Hall–Kier alpha value is -1.55. The quantitative estimate of drug-likeness (QED) is 0.760. The van der Waals surface area contributed by atoms with Gasteiger partial charge in [0.25, 0.3) is 0 Å². The molecule has 0 saturated carbocycles. The lowest BCUT2D eigenvalue weighted by Crippen LogP contribution is -1.96. The van der Waals surface area contributed by atoms with E-state index in [1.807, 2.05) is 29.1 Å². The Morgan fingerprint density at radius 1 is 1.46 bits per heavy atom. The van der Waals surface area contributed by atoms with Gasteiger partial charge in [-0.05, 0) is 11.6 Å². The molecule has 2 heterocycles. The highest BCUT2D eigenvalue weighted by Crippen LogP contribution is 2.04. The van der Waals surface area contributed by atoms with Crippen LogP contribution < -0.4 is 5.73 Å². The molecule has 0 aliphatic heterocycles. The Kier molecular flexibility index (Phi) is 2.14. The molecule has 0 amide bonds. The summed E-state index contributed by atoms with van der Waals surface area (Å²) in [5.41, 5.74) is 6.61. The zero-order chi connectivity index (χ0) is 9.10. The van der Waals surface area contributed by atoms with Crippen molar-refractivity contribution < 1.29 is 4.52 Å². The summed E-state index contributed by atoms with van der Waals surface area (Å²) in [7, 11) is 0. The van der Waals surface area contributed by atoms with Gasteiger partial charge in [0.2, 0.25) is 0 Å². The van der Waals surface area contributed by atoms with Crippen LogP contribution in [0, 0.1) is 0 Å². The second-order valence-corrected chi connectivity index (χ2v) is 2.87. The molecule has 0 unspecified atom stereocenters. The fraction of sp³-hybridized carbons (Fsp3) is 0.222. The molecule has 0 saturated heterocycles. The smallest absolute Gasteiger partial charge is 0.156 e. The van der Waals surface area contributed by atoms with Gasteiger partial charge in [0.1, 0.15) is 0 Å². The second-order valence-electron chi connectivity index (χ2n) is 2.87. The minimum Gasteiger partial charge on any atom is -0.359 e. The van der Waals surface area contributed by atoms with Crippen molar-refractivity contribution >= 4 is 0 Å². The molecule has 0 aliphatic carbocycles. The zero-order valence-corrected chi connectivity index (χ0v) is 7.18. The molecule has 2 aromatic heterocycles. The summed E-state index contributed by atoms with van der Waals surface area (Å²) in [5.74, 6) is 0.846. The average Bonchev–Trinajstić information content (AvgIpc) is 2.76. The monoisotopic (exact) mass is 177 g/mol. The molecule has 2 aromatic rings. The van der Waals surface area contributed by atoms with Gasteiger partial charge in [-0.15, -0.1) is 0 Å². The van der Waals surface area contributed by atoms with Gasteiger partial charge in [-0.1, -0.05) is 5.16 Å². The van der Waals surface area contributed by atoms with Crippen LogP contribution in [-0.2, 0) is 13.1 Å². The molecule has 0 fully saturated rings. The Bertz CT molecular complexity index is 364. The highest BCUT2D eigenvalue weighted by Gasteiger charge is 1.99. The maximum atomic E-state index is 5.49. The van der Waals surface area contributed by atoms with Gasteiger partial charge in [-0.25, -0.2) is 0 Å². The zero-order valence-electron chi connectivity index (χ0n) is 7.18. The highest BCUT2D eigenvalue weighted by molar-refractivity contribution is 5.10. The van der Waals surface area contributed by atoms with Gasteiger partial charge in [-0.3, -0.25) is 0 Å². The molecular formula is C9H11N3O. The standard InChI is InChI=1S/C9H11N3O/c10-5-8-2-4-12(6-8)7-9-1-3-11-13-9/h1-4,6H,5,7,10H2. The molecular weight excluding hydrogens is 166 g/mol. The number of hydrogen-bond donors (Lipinski definition) is 1. The average molecular weight is 177 g/mol. The largest absolute Gasteiger partial charge is 0.359 e. The molecule has 0 aromatic carbocycles. The van der Waals surface area contributed by atoms with Crippen molar-refractivity contribution in [3.8, 4) is 0 Å².